The maximum atomic E-state index is 12.0. The van der Waals surface area contributed by atoms with Crippen LogP contribution in [0.3, 0.4) is 0 Å². The molecule has 0 unspecified atom stereocenters. The van der Waals surface area contributed by atoms with E-state index in [1.165, 1.54) is 24.3 Å². The lowest BCUT2D eigenvalue weighted by molar-refractivity contribution is 0.104. The van der Waals surface area contributed by atoms with Crippen molar-refractivity contribution in [1.29, 1.82) is 0 Å². The van der Waals surface area contributed by atoms with Gasteiger partial charge in [-0.1, -0.05) is 35.9 Å². The third kappa shape index (κ3) is 4.74. The summed E-state index contributed by atoms with van der Waals surface area (Å²) in [4.78, 5) is 12.0. The molecule has 2 aromatic rings. The van der Waals surface area contributed by atoms with Gasteiger partial charge in [-0.3, -0.25) is 4.79 Å². The fourth-order valence-corrected chi connectivity index (χ4v) is 2.05. The van der Waals surface area contributed by atoms with Gasteiger partial charge in [0, 0.05) is 24.1 Å². The smallest absolute Gasteiger partial charge is 0.185 e. The highest BCUT2D eigenvalue weighted by molar-refractivity contribution is 6.07. The van der Waals surface area contributed by atoms with Gasteiger partial charge in [-0.25, -0.2) is 0 Å². The molecule has 0 saturated heterocycles. The first-order valence-corrected chi connectivity index (χ1v) is 7.58. The Balaban J connectivity index is 2.12. The van der Waals surface area contributed by atoms with E-state index in [4.69, 9.17) is 4.74 Å². The van der Waals surface area contributed by atoms with E-state index < -0.39 is 0 Å². The Morgan fingerprint density at radius 1 is 1.17 bits per heavy atom. The van der Waals surface area contributed by atoms with Gasteiger partial charge in [0.1, 0.15) is 17.2 Å². The average Bonchev–Trinajstić information content (AvgIpc) is 2.54. The van der Waals surface area contributed by atoms with Crippen molar-refractivity contribution in [3.05, 3.63) is 71.8 Å². The van der Waals surface area contributed by atoms with Crippen LogP contribution >= 0.6 is 0 Å². The zero-order chi connectivity index (χ0) is 17.5. The van der Waals surface area contributed by atoms with Gasteiger partial charge in [-0.2, -0.15) is 0 Å². The lowest BCUT2D eigenvalue weighted by Gasteiger charge is -2.09. The summed E-state index contributed by atoms with van der Waals surface area (Å²) in [5.74, 6) is -0.163. The third-order valence-corrected chi connectivity index (χ3v) is 3.37. The van der Waals surface area contributed by atoms with Crippen LogP contribution in [0.15, 0.2) is 60.7 Å². The minimum Gasteiger partial charge on any atom is -0.507 e. The molecule has 4 heteroatoms. The van der Waals surface area contributed by atoms with E-state index in [-0.39, 0.29) is 22.8 Å². The van der Waals surface area contributed by atoms with Crippen LogP contribution in [0.1, 0.15) is 29.3 Å². The summed E-state index contributed by atoms with van der Waals surface area (Å²) in [6.07, 6.45) is 3.39. The minimum absolute atomic E-state index is 0.155. The Bertz CT molecular complexity index is 737. The molecule has 0 bridgehead atoms. The number of ether oxygens (including phenoxy) is 1. The van der Waals surface area contributed by atoms with Crippen molar-refractivity contribution in [2.24, 2.45) is 0 Å². The zero-order valence-electron chi connectivity index (χ0n) is 13.5. The molecule has 0 amide bonds. The summed E-state index contributed by atoms with van der Waals surface area (Å²) >= 11 is 0. The van der Waals surface area contributed by atoms with Gasteiger partial charge in [-0.15, -0.1) is 6.58 Å². The molecule has 24 heavy (non-hydrogen) atoms. The van der Waals surface area contributed by atoms with Crippen LogP contribution in [0.4, 0.5) is 0 Å². The van der Waals surface area contributed by atoms with Gasteiger partial charge in [0.25, 0.3) is 0 Å². The van der Waals surface area contributed by atoms with E-state index >= 15 is 0 Å². The number of phenolic OH excluding ortho intramolecular Hbond substituents is 2. The van der Waals surface area contributed by atoms with Crippen molar-refractivity contribution >= 4 is 11.9 Å². The van der Waals surface area contributed by atoms with Crippen LogP contribution in [-0.2, 0) is 0 Å². The molecule has 0 saturated carbocycles. The second-order valence-electron chi connectivity index (χ2n) is 5.49. The standard InChI is InChI=1S/C20H20O4/c1-14(2)10-11-24-16-12-19(22)17(20(23)13-16)8-9-18(21)15-6-4-3-5-7-15/h3-9,12-13,22-23H,1,10-11H2,2H3. The van der Waals surface area contributed by atoms with Crippen molar-refractivity contribution in [2.75, 3.05) is 6.61 Å². The van der Waals surface area contributed by atoms with Gasteiger partial charge in [0.2, 0.25) is 0 Å². The van der Waals surface area contributed by atoms with E-state index in [1.807, 2.05) is 13.0 Å². The molecular weight excluding hydrogens is 304 g/mol. The fourth-order valence-electron chi connectivity index (χ4n) is 2.05. The van der Waals surface area contributed by atoms with Crippen LogP contribution in [0.5, 0.6) is 17.2 Å². The lowest BCUT2D eigenvalue weighted by atomic mass is 10.1. The van der Waals surface area contributed by atoms with E-state index in [0.29, 0.717) is 24.3 Å². The van der Waals surface area contributed by atoms with Crippen LogP contribution < -0.4 is 4.74 Å². The molecule has 0 atom stereocenters. The van der Waals surface area contributed by atoms with Crippen molar-refractivity contribution in [3.63, 3.8) is 0 Å². The molecule has 0 aromatic heterocycles. The van der Waals surface area contributed by atoms with Crippen molar-refractivity contribution in [1.82, 2.24) is 0 Å². The van der Waals surface area contributed by atoms with Crippen molar-refractivity contribution in [3.8, 4) is 17.2 Å². The highest BCUT2D eigenvalue weighted by atomic mass is 16.5. The predicted octanol–water partition coefficient (Wildman–Crippen LogP) is 4.34. The van der Waals surface area contributed by atoms with Gasteiger partial charge in [0.05, 0.1) is 12.2 Å². The summed E-state index contributed by atoms with van der Waals surface area (Å²) in [7, 11) is 0. The summed E-state index contributed by atoms with van der Waals surface area (Å²) in [5, 5.41) is 20.1. The van der Waals surface area contributed by atoms with E-state index in [0.717, 1.165) is 5.57 Å². The number of rotatable bonds is 7. The first-order valence-electron chi connectivity index (χ1n) is 7.58. The van der Waals surface area contributed by atoms with Gasteiger partial charge < -0.3 is 14.9 Å². The van der Waals surface area contributed by atoms with Crippen LogP contribution in [0, 0.1) is 0 Å². The predicted molar refractivity (Wildman–Crippen MR) is 94.5 cm³/mol. The van der Waals surface area contributed by atoms with E-state index in [2.05, 4.69) is 6.58 Å². The largest absolute Gasteiger partial charge is 0.507 e. The number of phenols is 2. The molecule has 0 aliphatic carbocycles. The number of hydrogen-bond donors (Lipinski definition) is 2. The Hall–Kier alpha value is -3.01. The van der Waals surface area contributed by atoms with Crippen LogP contribution in [0.25, 0.3) is 6.08 Å². The molecule has 0 aliphatic rings. The first kappa shape index (κ1) is 17.3. The SMILES string of the molecule is C=C(C)CCOc1cc(O)c(C=CC(=O)c2ccccc2)c(O)c1. The fraction of sp³-hybridized carbons (Fsp3) is 0.150. The number of aromatic hydroxyl groups is 2. The second kappa shape index (κ2) is 8.02. The molecular formula is C20H20O4. The normalized spacial score (nSPS) is 10.7. The number of hydrogen-bond acceptors (Lipinski definition) is 4. The molecule has 0 spiro atoms. The second-order valence-corrected chi connectivity index (χ2v) is 5.49. The Labute approximate surface area is 141 Å². The maximum absolute atomic E-state index is 12.0. The van der Waals surface area contributed by atoms with Gasteiger partial charge in [0.15, 0.2) is 5.78 Å². The number of ketones is 1. The monoisotopic (exact) mass is 324 g/mol. The quantitative estimate of drug-likeness (QED) is 0.452. The van der Waals surface area contributed by atoms with E-state index in [1.54, 1.807) is 24.3 Å². The summed E-state index contributed by atoms with van der Waals surface area (Å²) in [6.45, 7) is 6.09. The van der Waals surface area contributed by atoms with Crippen LogP contribution in [-0.4, -0.2) is 22.6 Å². The topological polar surface area (TPSA) is 66.8 Å². The summed E-state index contributed by atoms with van der Waals surface area (Å²) < 4.78 is 5.46. The molecule has 0 heterocycles. The zero-order valence-corrected chi connectivity index (χ0v) is 13.5. The van der Waals surface area contributed by atoms with Gasteiger partial charge in [-0.05, 0) is 19.1 Å². The lowest BCUT2D eigenvalue weighted by Crippen LogP contribution is -1.97. The van der Waals surface area contributed by atoms with Gasteiger partial charge >= 0.3 is 0 Å². The Kier molecular flexibility index (Phi) is 5.79. The van der Waals surface area contributed by atoms with Crippen molar-refractivity contribution < 1.29 is 19.7 Å². The minimum atomic E-state index is -0.212. The molecule has 0 aliphatic heterocycles. The third-order valence-electron chi connectivity index (χ3n) is 3.37. The highest BCUT2D eigenvalue weighted by Gasteiger charge is 2.09. The van der Waals surface area contributed by atoms with E-state index in [9.17, 15) is 15.0 Å². The number of allylic oxidation sites excluding steroid dienone is 1. The highest BCUT2D eigenvalue weighted by Crippen LogP contribution is 2.33. The Morgan fingerprint density at radius 2 is 1.79 bits per heavy atom. The molecule has 124 valence electrons. The maximum Gasteiger partial charge on any atom is 0.185 e. The Morgan fingerprint density at radius 3 is 2.38 bits per heavy atom. The molecule has 0 radical (unpaired) electrons. The molecule has 2 aromatic carbocycles. The number of benzene rings is 2. The van der Waals surface area contributed by atoms with Crippen LogP contribution in [0.2, 0.25) is 0 Å². The molecule has 2 rings (SSSR count). The molecule has 0 fully saturated rings. The van der Waals surface area contributed by atoms with Crippen molar-refractivity contribution in [2.45, 2.75) is 13.3 Å². The molecule has 4 nitrogen and oxygen atoms in total. The number of carbonyl (C=O) groups is 1. The number of carbonyl (C=O) groups excluding carboxylic acids is 1. The summed E-state index contributed by atoms with van der Waals surface area (Å²) in [5.41, 5.74) is 1.70. The average molecular weight is 324 g/mol. The first-order chi connectivity index (χ1) is 11.5. The summed E-state index contributed by atoms with van der Waals surface area (Å²) in [6, 6.07) is 11.6. The molecule has 2 N–H and O–H groups in total.